The summed E-state index contributed by atoms with van der Waals surface area (Å²) in [4.78, 5) is 32.6. The van der Waals surface area contributed by atoms with Crippen LogP contribution in [-0.4, -0.2) is 53.5 Å². The Morgan fingerprint density at radius 3 is 2.81 bits per heavy atom. The second kappa shape index (κ2) is 7.35. The van der Waals surface area contributed by atoms with E-state index in [9.17, 15) is 9.59 Å². The van der Waals surface area contributed by atoms with Crippen LogP contribution in [0.25, 0.3) is 10.9 Å². The Morgan fingerprint density at radius 1 is 1.19 bits per heavy atom. The number of carbonyl (C=O) groups is 1. The van der Waals surface area contributed by atoms with E-state index in [1.54, 1.807) is 7.11 Å². The molecule has 3 aliphatic rings. The summed E-state index contributed by atoms with van der Waals surface area (Å²) in [6.45, 7) is 5.11. The summed E-state index contributed by atoms with van der Waals surface area (Å²) in [5.74, 6) is 1.14. The number of amides is 1. The van der Waals surface area contributed by atoms with Crippen molar-refractivity contribution < 1.29 is 9.53 Å². The van der Waals surface area contributed by atoms with Gasteiger partial charge in [0.15, 0.2) is 0 Å². The maximum atomic E-state index is 12.7. The van der Waals surface area contributed by atoms with Gasteiger partial charge in [0.1, 0.15) is 5.75 Å². The highest BCUT2D eigenvalue weighted by atomic mass is 16.5. The van der Waals surface area contributed by atoms with E-state index in [1.807, 2.05) is 24.3 Å². The fourth-order valence-electron chi connectivity index (χ4n) is 4.51. The van der Waals surface area contributed by atoms with Gasteiger partial charge < -0.3 is 14.6 Å². The van der Waals surface area contributed by atoms with Crippen LogP contribution < -0.4 is 10.3 Å². The molecule has 3 aliphatic heterocycles. The Kier molecular flexibility index (Phi) is 4.91. The number of nitrogens with zero attached hydrogens (tertiary/aromatic N) is 2. The molecule has 2 atom stereocenters. The average Bonchev–Trinajstić information content (AvgIpc) is 2.94. The summed E-state index contributed by atoms with van der Waals surface area (Å²) >= 11 is 0. The maximum Gasteiger partial charge on any atom is 0.252 e. The largest absolute Gasteiger partial charge is 0.497 e. The van der Waals surface area contributed by atoms with Gasteiger partial charge in [0.25, 0.3) is 5.56 Å². The summed E-state index contributed by atoms with van der Waals surface area (Å²) in [6, 6.07) is 7.88. The Balaban J connectivity index is 1.59. The molecule has 6 nitrogen and oxygen atoms in total. The number of hydrogen-bond donors (Lipinski definition) is 1. The zero-order valence-electron chi connectivity index (χ0n) is 16.0. The highest BCUT2D eigenvalue weighted by molar-refractivity contribution is 5.81. The third-order valence-corrected chi connectivity index (χ3v) is 5.86. The molecule has 2 aromatic rings. The summed E-state index contributed by atoms with van der Waals surface area (Å²) in [5, 5.41) is 0.963. The smallest absolute Gasteiger partial charge is 0.252 e. The molecule has 1 aromatic heterocycles. The zero-order valence-corrected chi connectivity index (χ0v) is 16.0. The molecule has 0 radical (unpaired) electrons. The lowest BCUT2D eigenvalue weighted by atomic mass is 9.94. The molecule has 3 fully saturated rings. The van der Waals surface area contributed by atoms with Gasteiger partial charge in [-0.05, 0) is 43.5 Å². The summed E-state index contributed by atoms with van der Waals surface area (Å²) in [7, 11) is 1.64. The average molecular weight is 369 g/mol. The molecule has 4 heterocycles. The quantitative estimate of drug-likeness (QED) is 0.879. The molecule has 0 spiro atoms. The molecule has 2 unspecified atom stereocenters. The minimum absolute atomic E-state index is 0.0546. The number of rotatable bonds is 5. The summed E-state index contributed by atoms with van der Waals surface area (Å²) in [6.07, 6.45) is 3.02. The van der Waals surface area contributed by atoms with Crippen molar-refractivity contribution >= 4 is 16.8 Å². The Hall–Kier alpha value is -2.34. The number of aromatic nitrogens is 1. The number of aromatic amines is 1. The monoisotopic (exact) mass is 369 g/mol. The summed E-state index contributed by atoms with van der Waals surface area (Å²) in [5.41, 5.74) is 1.50. The van der Waals surface area contributed by atoms with E-state index >= 15 is 0 Å². The van der Waals surface area contributed by atoms with Crippen molar-refractivity contribution in [2.45, 2.75) is 38.8 Å². The van der Waals surface area contributed by atoms with Gasteiger partial charge >= 0.3 is 0 Å². The number of hydrogen-bond acceptors (Lipinski definition) is 4. The van der Waals surface area contributed by atoms with Crippen LogP contribution in [-0.2, 0) is 11.3 Å². The number of nitrogens with one attached hydrogen (secondary N) is 1. The first-order valence-corrected chi connectivity index (χ1v) is 9.82. The molecule has 3 saturated heterocycles. The lowest BCUT2D eigenvalue weighted by molar-refractivity contribution is -0.139. The number of carbonyl (C=O) groups excluding carboxylic acids is 1. The van der Waals surface area contributed by atoms with Gasteiger partial charge in [0, 0.05) is 48.7 Å². The molecule has 0 saturated carbocycles. The number of fused-ring (bicyclic) bond motifs is 5. The number of methoxy groups -OCH3 is 1. The Bertz CT molecular complexity index is 907. The van der Waals surface area contributed by atoms with Crippen molar-refractivity contribution in [3.63, 3.8) is 0 Å². The number of ether oxygens (including phenoxy) is 1. The van der Waals surface area contributed by atoms with Crippen molar-refractivity contribution in [3.8, 4) is 5.75 Å². The van der Waals surface area contributed by atoms with Gasteiger partial charge in [-0.1, -0.05) is 6.92 Å². The third-order valence-electron chi connectivity index (χ3n) is 5.86. The van der Waals surface area contributed by atoms with Gasteiger partial charge in [-0.2, -0.15) is 0 Å². The van der Waals surface area contributed by atoms with E-state index in [2.05, 4.69) is 21.7 Å². The predicted octanol–water partition coefficient (Wildman–Crippen LogP) is 2.37. The highest BCUT2D eigenvalue weighted by Gasteiger charge is 2.40. The third kappa shape index (κ3) is 3.46. The lowest BCUT2D eigenvalue weighted by Crippen LogP contribution is -2.48. The molecule has 1 aromatic carbocycles. The van der Waals surface area contributed by atoms with Crippen molar-refractivity contribution in [3.05, 3.63) is 40.2 Å². The summed E-state index contributed by atoms with van der Waals surface area (Å²) < 4.78 is 5.30. The number of H-pyrrole nitrogens is 1. The van der Waals surface area contributed by atoms with Gasteiger partial charge in [-0.3, -0.25) is 14.5 Å². The first-order valence-electron chi connectivity index (χ1n) is 9.82. The topological polar surface area (TPSA) is 65.6 Å². The number of benzene rings is 1. The van der Waals surface area contributed by atoms with E-state index in [0.717, 1.165) is 61.1 Å². The molecular formula is C21H27N3O3. The molecule has 2 bridgehead atoms. The van der Waals surface area contributed by atoms with Crippen LogP contribution in [0, 0.1) is 5.92 Å². The van der Waals surface area contributed by atoms with E-state index in [0.29, 0.717) is 12.5 Å². The van der Waals surface area contributed by atoms with Crippen LogP contribution in [0.3, 0.4) is 0 Å². The molecule has 0 aliphatic carbocycles. The lowest BCUT2D eigenvalue weighted by Gasteiger charge is -2.35. The molecule has 27 heavy (non-hydrogen) atoms. The van der Waals surface area contributed by atoms with Crippen LogP contribution in [0.2, 0.25) is 0 Å². The molecule has 144 valence electrons. The van der Waals surface area contributed by atoms with Crippen LogP contribution in [0.5, 0.6) is 5.75 Å². The molecule has 5 rings (SSSR count). The zero-order chi connectivity index (χ0) is 19.0. The van der Waals surface area contributed by atoms with Crippen molar-refractivity contribution in [1.29, 1.82) is 0 Å². The molecule has 1 N–H and O–H groups in total. The number of piperidine rings is 1. The van der Waals surface area contributed by atoms with Crippen LogP contribution in [0.1, 0.15) is 31.7 Å². The minimum Gasteiger partial charge on any atom is -0.497 e. The van der Waals surface area contributed by atoms with Crippen molar-refractivity contribution in [1.82, 2.24) is 14.8 Å². The SMILES string of the molecule is CCCN1C(=O)C2CCC1CN(Cc1cc3cc(OC)ccc3[nH]c1=O)C2. The van der Waals surface area contributed by atoms with Gasteiger partial charge in [-0.15, -0.1) is 0 Å². The van der Waals surface area contributed by atoms with Crippen LogP contribution >= 0.6 is 0 Å². The van der Waals surface area contributed by atoms with E-state index in [-0.39, 0.29) is 17.5 Å². The first kappa shape index (κ1) is 18.0. The van der Waals surface area contributed by atoms with Gasteiger partial charge in [0.05, 0.1) is 13.0 Å². The van der Waals surface area contributed by atoms with E-state index in [1.165, 1.54) is 0 Å². The van der Waals surface area contributed by atoms with Crippen molar-refractivity contribution in [2.75, 3.05) is 26.7 Å². The highest BCUT2D eigenvalue weighted by Crippen LogP contribution is 2.30. The van der Waals surface area contributed by atoms with Crippen molar-refractivity contribution in [2.24, 2.45) is 5.92 Å². The predicted molar refractivity (Wildman–Crippen MR) is 105 cm³/mol. The molecule has 1 amide bonds. The fourth-order valence-corrected chi connectivity index (χ4v) is 4.51. The fraction of sp³-hybridized carbons (Fsp3) is 0.524. The van der Waals surface area contributed by atoms with Gasteiger partial charge in [0.2, 0.25) is 5.91 Å². The van der Waals surface area contributed by atoms with Crippen LogP contribution in [0.15, 0.2) is 29.1 Å². The normalized spacial score (nSPS) is 23.0. The van der Waals surface area contributed by atoms with Crippen LogP contribution in [0.4, 0.5) is 0 Å². The first-order chi connectivity index (χ1) is 13.1. The number of pyridine rings is 1. The molecular weight excluding hydrogens is 342 g/mol. The Labute approximate surface area is 159 Å². The van der Waals surface area contributed by atoms with Gasteiger partial charge in [-0.25, -0.2) is 0 Å². The minimum atomic E-state index is -0.0546. The second-order valence-electron chi connectivity index (χ2n) is 7.73. The second-order valence-corrected chi connectivity index (χ2v) is 7.73. The maximum absolute atomic E-state index is 12.7. The molecule has 6 heteroatoms. The standard InChI is InChI=1S/C21H27N3O3/c1-3-8-24-17-5-4-14(21(24)26)11-23(13-17)12-16-9-15-10-18(27-2)6-7-19(15)22-20(16)25/h6-7,9-10,14,17H,3-5,8,11-13H2,1-2H3,(H,22,25). The Morgan fingerprint density at radius 2 is 2.04 bits per heavy atom. The van der Waals surface area contributed by atoms with E-state index in [4.69, 9.17) is 4.74 Å². The van der Waals surface area contributed by atoms with E-state index < -0.39 is 0 Å².